The zero-order valence-electron chi connectivity index (χ0n) is 11.5. The molecule has 1 rings (SSSR count). The summed E-state index contributed by atoms with van der Waals surface area (Å²) in [5, 5.41) is 20.4. The molecule has 1 aromatic rings. The molecule has 0 aromatic heterocycles. The van der Waals surface area contributed by atoms with Crippen LogP contribution >= 0.6 is 0 Å². The quantitative estimate of drug-likeness (QED) is 0.676. The Morgan fingerprint density at radius 1 is 1.16 bits per heavy atom. The summed E-state index contributed by atoms with van der Waals surface area (Å²) in [7, 11) is 0. The molecule has 106 valence electrons. The Kier molecular flexibility index (Phi) is 6.32. The van der Waals surface area contributed by atoms with E-state index < -0.39 is 6.04 Å². The fourth-order valence-corrected chi connectivity index (χ4v) is 1.83. The highest BCUT2D eigenvalue weighted by Crippen LogP contribution is 2.14. The number of carbonyl (C=O) groups excluding carboxylic acids is 1. The second-order valence-corrected chi connectivity index (χ2v) is 4.25. The van der Waals surface area contributed by atoms with Gasteiger partial charge in [0.2, 0.25) is 0 Å². The maximum atomic E-state index is 11.8. The van der Waals surface area contributed by atoms with Crippen molar-refractivity contribution in [3.05, 3.63) is 29.8 Å². The third-order valence-corrected chi connectivity index (χ3v) is 3.03. The van der Waals surface area contributed by atoms with Gasteiger partial charge >= 0.3 is 0 Å². The number of carbonyl (C=O) groups is 1. The molecule has 0 aliphatic heterocycles. The Labute approximate surface area is 113 Å². The Morgan fingerprint density at radius 2 is 1.68 bits per heavy atom. The smallest absolute Gasteiger partial charge is 0.251 e. The molecule has 1 aromatic carbocycles. The average molecular weight is 266 g/mol. The van der Waals surface area contributed by atoms with E-state index in [1.807, 2.05) is 12.1 Å². The number of nitrogens with zero attached hydrogens (tertiary/aromatic N) is 1. The molecule has 5 nitrogen and oxygen atoms in total. The number of benzene rings is 1. The second kappa shape index (κ2) is 7.76. The summed E-state index contributed by atoms with van der Waals surface area (Å²) in [6, 6.07) is 6.67. The van der Waals surface area contributed by atoms with Crippen LogP contribution in [0.15, 0.2) is 24.3 Å². The first-order valence-electron chi connectivity index (χ1n) is 6.53. The molecule has 0 spiro atoms. The molecule has 5 heteroatoms. The van der Waals surface area contributed by atoms with Gasteiger partial charge in [0.05, 0.1) is 19.3 Å². The maximum Gasteiger partial charge on any atom is 0.251 e. The number of anilines is 1. The van der Waals surface area contributed by atoms with Crippen molar-refractivity contribution >= 4 is 11.6 Å². The van der Waals surface area contributed by atoms with Gasteiger partial charge in [0.1, 0.15) is 0 Å². The van der Waals surface area contributed by atoms with Crippen LogP contribution in [0, 0.1) is 0 Å². The monoisotopic (exact) mass is 266 g/mol. The fourth-order valence-electron chi connectivity index (χ4n) is 1.83. The van der Waals surface area contributed by atoms with E-state index in [9.17, 15) is 4.79 Å². The van der Waals surface area contributed by atoms with Crippen LogP contribution in [0.25, 0.3) is 0 Å². The minimum absolute atomic E-state index is 0.278. The van der Waals surface area contributed by atoms with E-state index in [2.05, 4.69) is 24.1 Å². The van der Waals surface area contributed by atoms with Crippen LogP contribution in [-0.4, -0.2) is 48.5 Å². The van der Waals surface area contributed by atoms with Gasteiger partial charge in [-0.15, -0.1) is 0 Å². The summed E-state index contributed by atoms with van der Waals surface area (Å²) in [5.74, 6) is -0.292. The summed E-state index contributed by atoms with van der Waals surface area (Å²) in [6.45, 7) is 5.44. The summed E-state index contributed by atoms with van der Waals surface area (Å²) >= 11 is 0. The lowest BCUT2D eigenvalue weighted by Gasteiger charge is -2.21. The number of hydrogen-bond acceptors (Lipinski definition) is 4. The number of rotatable bonds is 7. The standard InChI is InChI=1S/C14H22N2O3/c1-3-16(4-2)13-7-5-11(6-8-13)14(19)15-12(9-17)10-18/h5-8,12,17-18H,3-4,9-10H2,1-2H3,(H,15,19). The van der Waals surface area contributed by atoms with Crippen LogP contribution < -0.4 is 10.2 Å². The lowest BCUT2D eigenvalue weighted by Crippen LogP contribution is -2.40. The predicted octanol–water partition coefficient (Wildman–Crippen LogP) is 0.616. The molecule has 3 N–H and O–H groups in total. The van der Waals surface area contributed by atoms with E-state index in [1.54, 1.807) is 12.1 Å². The Morgan fingerprint density at radius 3 is 2.11 bits per heavy atom. The van der Waals surface area contributed by atoms with Crippen molar-refractivity contribution in [2.24, 2.45) is 0 Å². The molecule has 0 saturated heterocycles. The Bertz CT molecular complexity index is 384. The molecule has 19 heavy (non-hydrogen) atoms. The van der Waals surface area contributed by atoms with Crippen LogP contribution in [0.1, 0.15) is 24.2 Å². The van der Waals surface area contributed by atoms with Gasteiger partial charge in [0, 0.05) is 24.3 Å². The first-order valence-corrected chi connectivity index (χ1v) is 6.53. The van der Waals surface area contributed by atoms with Crippen molar-refractivity contribution in [2.75, 3.05) is 31.2 Å². The largest absolute Gasteiger partial charge is 0.394 e. The summed E-state index contributed by atoms with van der Waals surface area (Å²) in [6.07, 6.45) is 0. The topological polar surface area (TPSA) is 72.8 Å². The van der Waals surface area contributed by atoms with E-state index in [4.69, 9.17) is 10.2 Å². The van der Waals surface area contributed by atoms with E-state index in [-0.39, 0.29) is 19.1 Å². The molecular weight excluding hydrogens is 244 g/mol. The van der Waals surface area contributed by atoms with Gasteiger partial charge in [-0.3, -0.25) is 4.79 Å². The van der Waals surface area contributed by atoms with Crippen molar-refractivity contribution in [3.8, 4) is 0 Å². The number of nitrogens with one attached hydrogen (secondary N) is 1. The third kappa shape index (κ3) is 4.22. The highest BCUT2D eigenvalue weighted by atomic mass is 16.3. The van der Waals surface area contributed by atoms with Crippen molar-refractivity contribution in [3.63, 3.8) is 0 Å². The van der Waals surface area contributed by atoms with E-state index >= 15 is 0 Å². The fraction of sp³-hybridized carbons (Fsp3) is 0.500. The molecule has 0 radical (unpaired) electrons. The molecule has 1 amide bonds. The summed E-state index contributed by atoms with van der Waals surface area (Å²) in [4.78, 5) is 14.0. The summed E-state index contributed by atoms with van der Waals surface area (Å²) in [5.41, 5.74) is 1.59. The van der Waals surface area contributed by atoms with Crippen LogP contribution in [0.4, 0.5) is 5.69 Å². The Hall–Kier alpha value is -1.59. The van der Waals surface area contributed by atoms with E-state index in [1.165, 1.54) is 0 Å². The molecule has 0 aliphatic carbocycles. The SMILES string of the molecule is CCN(CC)c1ccc(C(=O)NC(CO)CO)cc1. The van der Waals surface area contributed by atoms with Crippen LogP contribution in [0.2, 0.25) is 0 Å². The number of aliphatic hydroxyl groups is 2. The van der Waals surface area contributed by atoms with Gasteiger partial charge < -0.3 is 20.4 Å². The van der Waals surface area contributed by atoms with Crippen LogP contribution in [0.5, 0.6) is 0 Å². The number of aliphatic hydroxyl groups excluding tert-OH is 2. The first kappa shape index (κ1) is 15.5. The highest BCUT2D eigenvalue weighted by molar-refractivity contribution is 5.94. The molecule has 0 fully saturated rings. The molecule has 0 bridgehead atoms. The van der Waals surface area contributed by atoms with Crippen LogP contribution in [-0.2, 0) is 0 Å². The first-order chi connectivity index (χ1) is 9.15. The van der Waals surface area contributed by atoms with E-state index in [0.29, 0.717) is 5.56 Å². The molecule has 0 unspecified atom stereocenters. The molecule has 0 atom stereocenters. The van der Waals surface area contributed by atoms with Crippen molar-refractivity contribution in [1.82, 2.24) is 5.32 Å². The van der Waals surface area contributed by atoms with Crippen molar-refractivity contribution < 1.29 is 15.0 Å². The number of amides is 1. The minimum Gasteiger partial charge on any atom is -0.394 e. The highest BCUT2D eigenvalue weighted by Gasteiger charge is 2.12. The van der Waals surface area contributed by atoms with Gasteiger partial charge in [-0.1, -0.05) is 0 Å². The molecular formula is C14H22N2O3. The van der Waals surface area contributed by atoms with Gasteiger partial charge in [-0.2, -0.15) is 0 Å². The maximum absolute atomic E-state index is 11.8. The lowest BCUT2D eigenvalue weighted by molar-refractivity contribution is 0.0879. The molecule has 0 heterocycles. The molecule has 0 saturated carbocycles. The van der Waals surface area contributed by atoms with Crippen molar-refractivity contribution in [1.29, 1.82) is 0 Å². The van der Waals surface area contributed by atoms with Gasteiger partial charge in [0.15, 0.2) is 0 Å². The van der Waals surface area contributed by atoms with Gasteiger partial charge in [0.25, 0.3) is 5.91 Å². The zero-order chi connectivity index (χ0) is 14.3. The zero-order valence-corrected chi connectivity index (χ0v) is 11.5. The predicted molar refractivity (Wildman–Crippen MR) is 75.4 cm³/mol. The minimum atomic E-state index is -0.616. The summed E-state index contributed by atoms with van der Waals surface area (Å²) < 4.78 is 0. The second-order valence-electron chi connectivity index (χ2n) is 4.25. The number of hydrogen-bond donors (Lipinski definition) is 3. The van der Waals surface area contributed by atoms with Crippen molar-refractivity contribution in [2.45, 2.75) is 19.9 Å². The lowest BCUT2D eigenvalue weighted by atomic mass is 10.1. The molecule has 0 aliphatic rings. The third-order valence-electron chi connectivity index (χ3n) is 3.03. The normalized spacial score (nSPS) is 10.6. The average Bonchev–Trinajstić information content (AvgIpc) is 2.46. The van der Waals surface area contributed by atoms with Crippen LogP contribution in [0.3, 0.4) is 0 Å². The van der Waals surface area contributed by atoms with Gasteiger partial charge in [-0.25, -0.2) is 0 Å². The van der Waals surface area contributed by atoms with E-state index in [0.717, 1.165) is 18.8 Å². The van der Waals surface area contributed by atoms with Gasteiger partial charge in [-0.05, 0) is 38.1 Å². The Balaban J connectivity index is 2.72.